The van der Waals surface area contributed by atoms with Crippen LogP contribution >= 0.6 is 55.1 Å². The van der Waals surface area contributed by atoms with Gasteiger partial charge in [0, 0.05) is 15.9 Å². The topological polar surface area (TPSA) is 17.8 Å². The van der Waals surface area contributed by atoms with Gasteiger partial charge in [-0.15, -0.1) is 0 Å². The predicted octanol–water partition coefficient (Wildman–Crippen LogP) is 3.31. The molecule has 0 amide bonds. The van der Waals surface area contributed by atoms with Crippen LogP contribution in [0.25, 0.3) is 0 Å². The Morgan fingerprint density at radius 1 is 1.50 bits per heavy atom. The lowest BCUT2D eigenvalue weighted by Gasteiger charge is -1.97. The van der Waals surface area contributed by atoms with Crippen LogP contribution < -0.4 is 0 Å². The molecule has 1 aromatic rings. The minimum absolute atomic E-state index is 0.278. The van der Waals surface area contributed by atoms with Crippen molar-refractivity contribution >= 4 is 55.1 Å². The molecule has 0 bridgehead atoms. The Bertz CT molecular complexity index is 350. The van der Waals surface area contributed by atoms with E-state index in [2.05, 4.69) is 47.6 Å². The maximum Gasteiger partial charge on any atom is 0.180 e. The smallest absolute Gasteiger partial charge is 0.180 e. The third-order valence-electron chi connectivity index (χ3n) is 1.12. The molecule has 0 fully saturated rings. The first-order valence-electron chi connectivity index (χ1n) is 2.82. The van der Waals surface area contributed by atoms with Crippen LogP contribution in [-0.4, -0.2) is 9.55 Å². The highest BCUT2D eigenvalue weighted by Crippen LogP contribution is 2.25. The molecular formula is C6H2Br2Cl2N2. The van der Waals surface area contributed by atoms with Crippen molar-refractivity contribution < 1.29 is 0 Å². The molecule has 0 saturated heterocycles. The fourth-order valence-corrected chi connectivity index (χ4v) is 1.80. The summed E-state index contributed by atoms with van der Waals surface area (Å²) >= 11 is 17.6. The number of imidazole rings is 1. The van der Waals surface area contributed by atoms with Gasteiger partial charge in [-0.3, -0.25) is 4.57 Å². The van der Waals surface area contributed by atoms with E-state index >= 15 is 0 Å². The molecule has 2 nitrogen and oxygen atoms in total. The lowest BCUT2D eigenvalue weighted by molar-refractivity contribution is 0.814. The molecule has 12 heavy (non-hydrogen) atoms. The van der Waals surface area contributed by atoms with Crippen LogP contribution in [0.2, 0.25) is 10.3 Å². The molecule has 0 aliphatic heterocycles. The van der Waals surface area contributed by atoms with Crippen LogP contribution in [0.5, 0.6) is 0 Å². The highest BCUT2D eigenvalue weighted by Gasteiger charge is 2.10. The largest absolute Gasteiger partial charge is 0.296 e. The summed E-state index contributed by atoms with van der Waals surface area (Å²) in [5.74, 6) is 2.78. The molecule has 0 aromatic carbocycles. The van der Waals surface area contributed by atoms with Gasteiger partial charge in [-0.25, -0.2) is 4.98 Å². The summed E-state index contributed by atoms with van der Waals surface area (Å²) in [6, 6.07) is 0. The molecule has 0 N–H and O–H groups in total. The van der Waals surface area contributed by atoms with Gasteiger partial charge in [0.2, 0.25) is 0 Å². The lowest BCUT2D eigenvalue weighted by Crippen LogP contribution is -1.95. The van der Waals surface area contributed by atoms with Gasteiger partial charge in [-0.1, -0.05) is 29.1 Å². The first-order chi connectivity index (χ1) is 5.66. The van der Waals surface area contributed by atoms with Crippen molar-refractivity contribution in [1.29, 1.82) is 0 Å². The lowest BCUT2D eigenvalue weighted by atomic mass is 10.6. The zero-order valence-corrected chi connectivity index (χ0v) is 10.3. The minimum atomic E-state index is 0.278. The van der Waals surface area contributed by atoms with Crippen LogP contribution in [0.3, 0.4) is 0 Å². The summed E-state index contributed by atoms with van der Waals surface area (Å²) in [6.45, 7) is 0.449. The van der Waals surface area contributed by atoms with Gasteiger partial charge in [-0.05, 0) is 20.8 Å². The van der Waals surface area contributed by atoms with E-state index in [1.807, 2.05) is 0 Å². The molecule has 0 aliphatic rings. The van der Waals surface area contributed by atoms with Gasteiger partial charge >= 0.3 is 0 Å². The van der Waals surface area contributed by atoms with Crippen molar-refractivity contribution in [2.45, 2.75) is 6.54 Å². The fourth-order valence-electron chi connectivity index (χ4n) is 0.623. The van der Waals surface area contributed by atoms with Crippen molar-refractivity contribution in [3.05, 3.63) is 15.0 Å². The third kappa shape index (κ3) is 2.17. The second-order valence-corrected chi connectivity index (χ2v) is 3.64. The van der Waals surface area contributed by atoms with Gasteiger partial charge in [0.1, 0.15) is 5.15 Å². The van der Waals surface area contributed by atoms with Crippen molar-refractivity contribution in [1.82, 2.24) is 9.55 Å². The first-order valence-corrected chi connectivity index (χ1v) is 5.16. The van der Waals surface area contributed by atoms with E-state index in [1.165, 1.54) is 0 Å². The fraction of sp³-hybridized carbons (Fsp3) is 0.167. The second-order valence-electron chi connectivity index (χ2n) is 1.82. The molecular weight excluding hydrogens is 331 g/mol. The number of hydrogen-bond acceptors (Lipinski definition) is 1. The van der Waals surface area contributed by atoms with E-state index < -0.39 is 0 Å². The molecule has 0 unspecified atom stereocenters. The van der Waals surface area contributed by atoms with Gasteiger partial charge in [-0.2, -0.15) is 0 Å². The Labute approximate surface area is 96.5 Å². The average Bonchev–Trinajstić information content (AvgIpc) is 2.25. The first kappa shape index (κ1) is 10.4. The molecule has 1 rings (SSSR count). The summed E-state index contributed by atoms with van der Waals surface area (Å²) in [5, 5.41) is 0.665. The minimum Gasteiger partial charge on any atom is -0.296 e. The molecule has 0 spiro atoms. The molecule has 0 saturated carbocycles. The zero-order chi connectivity index (χ0) is 9.14. The Kier molecular flexibility index (Phi) is 3.91. The normalized spacial score (nSPS) is 9.33. The van der Waals surface area contributed by atoms with Crippen LogP contribution in [0.4, 0.5) is 0 Å². The van der Waals surface area contributed by atoms with Gasteiger partial charge in [0.25, 0.3) is 0 Å². The maximum absolute atomic E-state index is 5.81. The highest BCUT2D eigenvalue weighted by molar-refractivity contribution is 9.12. The molecule has 0 aliphatic carbocycles. The Hall–Kier alpha value is 0.310. The van der Waals surface area contributed by atoms with Crippen molar-refractivity contribution in [2.75, 3.05) is 0 Å². The predicted molar refractivity (Wildman–Crippen MR) is 56.6 cm³/mol. The molecule has 1 aromatic heterocycles. The second kappa shape index (κ2) is 4.52. The number of rotatable bonds is 1. The number of nitrogens with zero attached hydrogens (tertiary/aromatic N) is 2. The van der Waals surface area contributed by atoms with E-state index in [4.69, 9.17) is 23.2 Å². The zero-order valence-electron chi connectivity index (χ0n) is 5.61. The molecule has 6 heteroatoms. The molecule has 1 heterocycles. The molecule has 0 radical (unpaired) electrons. The summed E-state index contributed by atoms with van der Waals surface area (Å²) in [6.07, 6.45) is 0. The van der Waals surface area contributed by atoms with Crippen LogP contribution in [0, 0.1) is 10.8 Å². The number of halogens is 4. The van der Waals surface area contributed by atoms with Crippen molar-refractivity contribution in [2.24, 2.45) is 0 Å². The van der Waals surface area contributed by atoms with E-state index in [-0.39, 0.29) is 5.15 Å². The van der Waals surface area contributed by atoms with Crippen LogP contribution in [0.1, 0.15) is 0 Å². The van der Waals surface area contributed by atoms with Crippen molar-refractivity contribution in [3.63, 3.8) is 0 Å². The third-order valence-corrected chi connectivity index (χ3v) is 2.75. The molecule has 64 valence electrons. The summed E-state index contributed by atoms with van der Waals surface area (Å²) in [7, 11) is 0. The van der Waals surface area contributed by atoms with Gasteiger partial charge < -0.3 is 0 Å². The Morgan fingerprint density at radius 2 is 2.17 bits per heavy atom. The summed E-state index contributed by atoms with van der Waals surface area (Å²) < 4.78 is 2.23. The highest BCUT2D eigenvalue weighted by atomic mass is 79.9. The Morgan fingerprint density at radius 3 is 2.58 bits per heavy atom. The van der Waals surface area contributed by atoms with E-state index in [9.17, 15) is 0 Å². The number of hydrogen-bond donors (Lipinski definition) is 0. The van der Waals surface area contributed by atoms with Crippen LogP contribution in [0.15, 0.2) is 4.73 Å². The molecule has 0 atom stereocenters. The van der Waals surface area contributed by atoms with Crippen LogP contribution in [-0.2, 0) is 6.54 Å². The van der Waals surface area contributed by atoms with E-state index in [0.717, 1.165) is 0 Å². The average molecular weight is 333 g/mol. The Balaban J connectivity index is 3.02. The van der Waals surface area contributed by atoms with Crippen molar-refractivity contribution in [3.8, 4) is 10.8 Å². The maximum atomic E-state index is 5.81. The summed E-state index contributed by atoms with van der Waals surface area (Å²) in [4.78, 5) is 6.46. The quantitative estimate of drug-likeness (QED) is 0.721. The van der Waals surface area contributed by atoms with Gasteiger partial charge in [0.05, 0.1) is 6.54 Å². The monoisotopic (exact) mass is 330 g/mol. The van der Waals surface area contributed by atoms with Gasteiger partial charge in [0.15, 0.2) is 9.89 Å². The number of aromatic nitrogens is 2. The standard InChI is InChI=1S/C6H2Br2Cl2N2/c7-2-1-3-12-5(10)4(9)11-6(12)8/h3H2. The summed E-state index contributed by atoms with van der Waals surface area (Å²) in [5.41, 5.74) is 0. The van der Waals surface area contributed by atoms with E-state index in [0.29, 0.717) is 16.4 Å². The SMILES string of the molecule is Clc1nc(Br)n(CC#CBr)c1Cl. The van der Waals surface area contributed by atoms with E-state index in [1.54, 1.807) is 4.57 Å².